The molecule has 1 aliphatic rings. The Morgan fingerprint density at radius 3 is 2.94 bits per heavy atom. The van der Waals surface area contributed by atoms with E-state index in [0.717, 1.165) is 12.8 Å². The third kappa shape index (κ3) is 2.35. The molecule has 2 rings (SSSR count). The average molecular weight is 219 g/mol. The molecule has 0 radical (unpaired) electrons. The number of amides is 1. The Balaban J connectivity index is 2.00. The van der Waals surface area contributed by atoms with Crippen LogP contribution in [0.3, 0.4) is 0 Å². The number of carbonyl (C=O) groups is 1. The molecule has 86 valence electrons. The summed E-state index contributed by atoms with van der Waals surface area (Å²) in [5.74, 6) is 0. The molecule has 1 aliphatic carbocycles. The molecule has 3 nitrogen and oxygen atoms in total. The van der Waals surface area contributed by atoms with Gasteiger partial charge in [0, 0.05) is 0 Å². The Kier molecular flexibility index (Phi) is 3.13. The molecule has 0 spiro atoms. The Bertz CT molecular complexity index is 387. The zero-order valence-electron chi connectivity index (χ0n) is 9.69. The zero-order chi connectivity index (χ0) is 11.5. The molecule has 1 N–H and O–H groups in total. The van der Waals surface area contributed by atoms with Crippen LogP contribution in [0.25, 0.3) is 0 Å². The van der Waals surface area contributed by atoms with E-state index in [1.165, 1.54) is 11.1 Å². The Morgan fingerprint density at radius 1 is 1.44 bits per heavy atom. The van der Waals surface area contributed by atoms with Gasteiger partial charge in [-0.05, 0) is 37.8 Å². The molecule has 16 heavy (non-hydrogen) atoms. The summed E-state index contributed by atoms with van der Waals surface area (Å²) in [5, 5.41) is 2.91. The number of benzene rings is 1. The Morgan fingerprint density at radius 2 is 2.19 bits per heavy atom. The van der Waals surface area contributed by atoms with Gasteiger partial charge in [-0.25, -0.2) is 4.79 Å². The Labute approximate surface area is 95.8 Å². The van der Waals surface area contributed by atoms with Gasteiger partial charge in [0.2, 0.25) is 0 Å². The van der Waals surface area contributed by atoms with Crippen LogP contribution in [0.2, 0.25) is 0 Å². The summed E-state index contributed by atoms with van der Waals surface area (Å²) < 4.78 is 5.08. The summed E-state index contributed by atoms with van der Waals surface area (Å²) >= 11 is 0. The first kappa shape index (κ1) is 11.0. The van der Waals surface area contributed by atoms with Crippen molar-refractivity contribution in [2.45, 2.75) is 38.8 Å². The molecule has 0 bridgehead atoms. The van der Waals surface area contributed by atoms with Crippen LogP contribution in [-0.2, 0) is 11.2 Å². The predicted molar refractivity (Wildman–Crippen MR) is 62.3 cm³/mol. The highest BCUT2D eigenvalue weighted by molar-refractivity contribution is 5.68. The van der Waals surface area contributed by atoms with Gasteiger partial charge in [-0.15, -0.1) is 0 Å². The van der Waals surface area contributed by atoms with Gasteiger partial charge in [-0.1, -0.05) is 24.3 Å². The summed E-state index contributed by atoms with van der Waals surface area (Å²) in [6.45, 7) is 3.70. The quantitative estimate of drug-likeness (QED) is 0.830. The molecule has 1 aromatic carbocycles. The minimum atomic E-state index is -0.322. The maximum Gasteiger partial charge on any atom is 0.407 e. The molecule has 1 amide bonds. The molecule has 0 fully saturated rings. The molecule has 0 aliphatic heterocycles. The monoisotopic (exact) mass is 219 g/mol. The highest BCUT2D eigenvalue weighted by Crippen LogP contribution is 2.30. The molecule has 1 atom stereocenters. The van der Waals surface area contributed by atoms with Crippen LogP contribution < -0.4 is 5.32 Å². The minimum Gasteiger partial charge on any atom is -0.447 e. The number of hydrogen-bond acceptors (Lipinski definition) is 2. The van der Waals surface area contributed by atoms with Gasteiger partial charge in [0.15, 0.2) is 0 Å². The van der Waals surface area contributed by atoms with Crippen LogP contribution in [0.5, 0.6) is 0 Å². The highest BCUT2D eigenvalue weighted by atomic mass is 16.6. The van der Waals surface area contributed by atoms with E-state index in [1.54, 1.807) is 0 Å². The lowest BCUT2D eigenvalue weighted by Crippen LogP contribution is -2.29. The van der Waals surface area contributed by atoms with E-state index in [1.807, 2.05) is 26.0 Å². The topological polar surface area (TPSA) is 38.3 Å². The number of fused-ring (bicyclic) bond motifs is 1. The molecule has 1 unspecified atom stereocenters. The zero-order valence-corrected chi connectivity index (χ0v) is 9.69. The fourth-order valence-corrected chi connectivity index (χ4v) is 2.10. The van der Waals surface area contributed by atoms with E-state index in [-0.39, 0.29) is 18.2 Å². The SMILES string of the molecule is CC(C)OC(=O)NC1CCc2ccccc21. The van der Waals surface area contributed by atoms with Crippen LogP contribution in [0.4, 0.5) is 4.79 Å². The molecular weight excluding hydrogens is 202 g/mol. The summed E-state index contributed by atoms with van der Waals surface area (Å²) in [6, 6.07) is 8.34. The average Bonchev–Trinajstić information content (AvgIpc) is 2.61. The molecule has 0 saturated carbocycles. The third-order valence-electron chi connectivity index (χ3n) is 2.77. The maximum absolute atomic E-state index is 11.5. The fraction of sp³-hybridized carbons (Fsp3) is 0.462. The van der Waals surface area contributed by atoms with Crippen molar-refractivity contribution in [3.8, 4) is 0 Å². The first-order valence-corrected chi connectivity index (χ1v) is 5.72. The molecular formula is C13H17NO2. The van der Waals surface area contributed by atoms with Gasteiger partial charge in [0.25, 0.3) is 0 Å². The Hall–Kier alpha value is -1.51. The van der Waals surface area contributed by atoms with Crippen LogP contribution in [0, 0.1) is 0 Å². The summed E-state index contributed by atoms with van der Waals surface area (Å²) in [5.41, 5.74) is 2.56. The molecule has 1 aromatic rings. The van der Waals surface area contributed by atoms with E-state index < -0.39 is 0 Å². The number of rotatable bonds is 2. The normalized spacial score (nSPS) is 18.3. The lowest BCUT2D eigenvalue weighted by atomic mass is 10.1. The fourth-order valence-electron chi connectivity index (χ4n) is 2.10. The number of ether oxygens (including phenoxy) is 1. The van der Waals surface area contributed by atoms with Crippen molar-refractivity contribution in [1.82, 2.24) is 5.32 Å². The van der Waals surface area contributed by atoms with Gasteiger partial charge < -0.3 is 10.1 Å². The van der Waals surface area contributed by atoms with Crippen molar-refractivity contribution in [1.29, 1.82) is 0 Å². The molecule has 0 saturated heterocycles. The van der Waals surface area contributed by atoms with E-state index in [4.69, 9.17) is 4.74 Å². The standard InChI is InChI=1S/C13H17NO2/c1-9(2)16-13(15)14-12-8-7-10-5-3-4-6-11(10)12/h3-6,9,12H,7-8H2,1-2H3,(H,14,15). The lowest BCUT2D eigenvalue weighted by molar-refractivity contribution is 0.112. The van der Waals surface area contributed by atoms with Gasteiger partial charge in [-0.3, -0.25) is 0 Å². The number of nitrogens with one attached hydrogen (secondary N) is 1. The van der Waals surface area contributed by atoms with Crippen LogP contribution in [0.1, 0.15) is 37.4 Å². The molecule has 0 aromatic heterocycles. The lowest BCUT2D eigenvalue weighted by Gasteiger charge is -2.15. The second-order valence-corrected chi connectivity index (χ2v) is 4.39. The van der Waals surface area contributed by atoms with E-state index >= 15 is 0 Å². The minimum absolute atomic E-state index is 0.0725. The van der Waals surface area contributed by atoms with Crippen molar-refractivity contribution in [2.24, 2.45) is 0 Å². The number of hydrogen-bond donors (Lipinski definition) is 1. The first-order chi connectivity index (χ1) is 7.66. The second-order valence-electron chi connectivity index (χ2n) is 4.39. The van der Waals surface area contributed by atoms with Gasteiger partial charge >= 0.3 is 6.09 Å². The van der Waals surface area contributed by atoms with Crippen molar-refractivity contribution in [2.75, 3.05) is 0 Å². The van der Waals surface area contributed by atoms with E-state index in [2.05, 4.69) is 17.4 Å². The summed E-state index contributed by atoms with van der Waals surface area (Å²) in [7, 11) is 0. The van der Waals surface area contributed by atoms with Crippen molar-refractivity contribution < 1.29 is 9.53 Å². The molecule has 3 heteroatoms. The summed E-state index contributed by atoms with van der Waals surface area (Å²) in [4.78, 5) is 11.5. The van der Waals surface area contributed by atoms with E-state index in [9.17, 15) is 4.79 Å². The molecule has 0 heterocycles. The summed E-state index contributed by atoms with van der Waals surface area (Å²) in [6.07, 6.45) is 1.60. The van der Waals surface area contributed by atoms with Gasteiger partial charge in [0.1, 0.15) is 0 Å². The van der Waals surface area contributed by atoms with Gasteiger partial charge in [0.05, 0.1) is 12.1 Å². The predicted octanol–water partition coefficient (Wildman–Crippen LogP) is 2.81. The largest absolute Gasteiger partial charge is 0.447 e. The first-order valence-electron chi connectivity index (χ1n) is 5.72. The number of alkyl carbamates (subject to hydrolysis) is 1. The van der Waals surface area contributed by atoms with Crippen molar-refractivity contribution in [3.63, 3.8) is 0 Å². The third-order valence-corrected chi connectivity index (χ3v) is 2.77. The number of aryl methyl sites for hydroxylation is 1. The highest BCUT2D eigenvalue weighted by Gasteiger charge is 2.23. The van der Waals surface area contributed by atoms with Crippen molar-refractivity contribution >= 4 is 6.09 Å². The van der Waals surface area contributed by atoms with Crippen LogP contribution in [-0.4, -0.2) is 12.2 Å². The second kappa shape index (κ2) is 4.56. The number of carbonyl (C=O) groups excluding carboxylic acids is 1. The van der Waals surface area contributed by atoms with Crippen LogP contribution in [0.15, 0.2) is 24.3 Å². The van der Waals surface area contributed by atoms with Gasteiger partial charge in [-0.2, -0.15) is 0 Å². The van der Waals surface area contributed by atoms with Crippen molar-refractivity contribution in [3.05, 3.63) is 35.4 Å². The smallest absolute Gasteiger partial charge is 0.407 e. The van der Waals surface area contributed by atoms with Crippen LogP contribution >= 0.6 is 0 Å². The van der Waals surface area contributed by atoms with E-state index in [0.29, 0.717) is 0 Å². The maximum atomic E-state index is 11.5.